The molecule has 0 fully saturated rings. The monoisotopic (exact) mass is 409 g/mol. The predicted molar refractivity (Wildman–Crippen MR) is 106 cm³/mol. The Morgan fingerprint density at radius 1 is 1.19 bits per heavy atom. The van der Waals surface area contributed by atoms with E-state index in [0.717, 1.165) is 11.8 Å². The number of allylic oxidation sites excluding steroid dienone is 1. The lowest BCUT2D eigenvalue weighted by molar-refractivity contribution is -0.118. The third-order valence-corrected chi connectivity index (χ3v) is 4.99. The molecule has 1 amide bonds. The minimum Gasteiger partial charge on any atom is -0.493 e. The number of ether oxygens (including phenoxy) is 2. The molecule has 0 unspecified atom stereocenters. The lowest BCUT2D eigenvalue weighted by atomic mass is 10.2. The SMILES string of the molecule is C/C=C\c1ccc(OCC(=O)Nc2cc(S(C)(=O)=O)ccc2Cl)c(OC)c1. The number of halogens is 1. The highest BCUT2D eigenvalue weighted by molar-refractivity contribution is 7.90. The summed E-state index contributed by atoms with van der Waals surface area (Å²) in [6.45, 7) is 1.61. The number of carbonyl (C=O) groups is 1. The van der Waals surface area contributed by atoms with E-state index in [2.05, 4.69) is 5.32 Å². The van der Waals surface area contributed by atoms with Crippen molar-refractivity contribution >= 4 is 39.1 Å². The van der Waals surface area contributed by atoms with Gasteiger partial charge in [-0.15, -0.1) is 0 Å². The summed E-state index contributed by atoms with van der Waals surface area (Å²) >= 11 is 6.03. The molecule has 6 nitrogen and oxygen atoms in total. The van der Waals surface area contributed by atoms with Crippen molar-refractivity contribution < 1.29 is 22.7 Å². The van der Waals surface area contributed by atoms with Crippen molar-refractivity contribution in [3.63, 3.8) is 0 Å². The summed E-state index contributed by atoms with van der Waals surface area (Å²) in [5.41, 5.74) is 1.14. The van der Waals surface area contributed by atoms with Gasteiger partial charge < -0.3 is 14.8 Å². The lowest BCUT2D eigenvalue weighted by Crippen LogP contribution is -2.20. The zero-order valence-corrected chi connectivity index (χ0v) is 16.7. The van der Waals surface area contributed by atoms with E-state index in [9.17, 15) is 13.2 Å². The predicted octanol–water partition coefficient (Wildman–Crippen LogP) is 3.80. The fourth-order valence-electron chi connectivity index (χ4n) is 2.26. The van der Waals surface area contributed by atoms with Crippen LogP contribution < -0.4 is 14.8 Å². The van der Waals surface area contributed by atoms with Gasteiger partial charge in [0.05, 0.1) is 22.7 Å². The van der Waals surface area contributed by atoms with Crippen LogP contribution in [0, 0.1) is 0 Å². The van der Waals surface area contributed by atoms with Crippen molar-refractivity contribution in [2.75, 3.05) is 25.3 Å². The number of nitrogens with one attached hydrogen (secondary N) is 1. The summed E-state index contributed by atoms with van der Waals surface area (Å²) in [6, 6.07) is 9.43. The van der Waals surface area contributed by atoms with Crippen LogP contribution in [0.1, 0.15) is 12.5 Å². The van der Waals surface area contributed by atoms with Gasteiger partial charge in [-0.3, -0.25) is 4.79 Å². The van der Waals surface area contributed by atoms with E-state index < -0.39 is 15.7 Å². The molecule has 0 saturated heterocycles. The van der Waals surface area contributed by atoms with Crippen LogP contribution in [0.25, 0.3) is 6.08 Å². The first-order valence-electron chi connectivity index (χ1n) is 7.97. The molecular weight excluding hydrogens is 390 g/mol. The van der Waals surface area contributed by atoms with Gasteiger partial charge in [-0.05, 0) is 42.8 Å². The summed E-state index contributed by atoms with van der Waals surface area (Å²) < 4.78 is 34.1. The first-order valence-corrected chi connectivity index (χ1v) is 10.2. The number of amides is 1. The maximum atomic E-state index is 12.2. The van der Waals surface area contributed by atoms with Crippen LogP contribution in [0.15, 0.2) is 47.4 Å². The molecule has 0 atom stereocenters. The molecule has 2 rings (SSSR count). The quantitative estimate of drug-likeness (QED) is 0.752. The maximum Gasteiger partial charge on any atom is 0.262 e. The normalized spacial score (nSPS) is 11.4. The smallest absolute Gasteiger partial charge is 0.262 e. The van der Waals surface area contributed by atoms with E-state index >= 15 is 0 Å². The average molecular weight is 410 g/mol. The van der Waals surface area contributed by atoms with Crippen molar-refractivity contribution in [3.8, 4) is 11.5 Å². The highest BCUT2D eigenvalue weighted by atomic mass is 35.5. The summed E-state index contributed by atoms with van der Waals surface area (Å²) in [5.74, 6) is 0.425. The number of benzene rings is 2. The Kier molecular flexibility index (Phi) is 6.87. The van der Waals surface area contributed by atoms with E-state index in [0.29, 0.717) is 11.5 Å². The number of anilines is 1. The van der Waals surface area contributed by atoms with Crippen molar-refractivity contribution in [2.24, 2.45) is 0 Å². The van der Waals surface area contributed by atoms with Gasteiger partial charge in [0.2, 0.25) is 0 Å². The molecule has 0 radical (unpaired) electrons. The highest BCUT2D eigenvalue weighted by Crippen LogP contribution is 2.29. The molecule has 8 heteroatoms. The largest absolute Gasteiger partial charge is 0.493 e. The Morgan fingerprint density at radius 2 is 1.93 bits per heavy atom. The first-order chi connectivity index (χ1) is 12.7. The standard InChI is InChI=1S/C19H20ClNO5S/c1-4-5-13-6-9-17(18(10-13)25-2)26-12-19(22)21-16-11-14(27(3,23)24)7-8-15(16)20/h4-11H,12H2,1-3H3,(H,21,22)/b5-4-. The molecule has 0 aromatic heterocycles. The molecule has 0 aliphatic heterocycles. The second kappa shape index (κ2) is 8.92. The Bertz CT molecular complexity index is 970. The Hall–Kier alpha value is -2.51. The summed E-state index contributed by atoms with van der Waals surface area (Å²) in [6.07, 6.45) is 4.89. The van der Waals surface area contributed by atoms with Gasteiger partial charge in [-0.1, -0.05) is 29.8 Å². The Labute approximate surface area is 163 Å². The molecule has 0 spiro atoms. The fourth-order valence-corrected chi connectivity index (χ4v) is 3.07. The molecule has 27 heavy (non-hydrogen) atoms. The second-order valence-electron chi connectivity index (χ2n) is 5.66. The highest BCUT2D eigenvalue weighted by Gasteiger charge is 2.13. The number of hydrogen-bond acceptors (Lipinski definition) is 5. The van der Waals surface area contributed by atoms with Crippen LogP contribution in [0.3, 0.4) is 0 Å². The van der Waals surface area contributed by atoms with Gasteiger partial charge in [0.15, 0.2) is 27.9 Å². The van der Waals surface area contributed by atoms with Crippen molar-refractivity contribution in [1.29, 1.82) is 0 Å². The van der Waals surface area contributed by atoms with E-state index in [4.69, 9.17) is 21.1 Å². The number of rotatable bonds is 7. The molecule has 2 aromatic carbocycles. The molecule has 0 saturated carbocycles. The van der Waals surface area contributed by atoms with E-state index in [1.165, 1.54) is 25.3 Å². The average Bonchev–Trinajstić information content (AvgIpc) is 2.61. The van der Waals surface area contributed by atoms with Gasteiger partial charge in [0.1, 0.15) is 0 Å². The van der Waals surface area contributed by atoms with E-state index in [-0.39, 0.29) is 22.2 Å². The third-order valence-electron chi connectivity index (χ3n) is 3.55. The topological polar surface area (TPSA) is 81.7 Å². The Morgan fingerprint density at radius 3 is 2.56 bits per heavy atom. The molecule has 0 bridgehead atoms. The van der Waals surface area contributed by atoms with Crippen LogP contribution in [-0.4, -0.2) is 34.3 Å². The number of carbonyl (C=O) groups excluding carboxylic acids is 1. The fraction of sp³-hybridized carbons (Fsp3) is 0.211. The summed E-state index contributed by atoms with van der Waals surface area (Å²) in [7, 11) is -1.90. The van der Waals surface area contributed by atoms with E-state index in [1.54, 1.807) is 12.1 Å². The summed E-state index contributed by atoms with van der Waals surface area (Å²) in [4.78, 5) is 12.2. The molecular formula is C19H20ClNO5S. The number of hydrogen-bond donors (Lipinski definition) is 1. The molecule has 2 aromatic rings. The van der Waals surface area contributed by atoms with Crippen molar-refractivity contribution in [3.05, 3.63) is 53.1 Å². The maximum absolute atomic E-state index is 12.2. The summed E-state index contributed by atoms with van der Waals surface area (Å²) in [5, 5.41) is 2.78. The van der Waals surface area contributed by atoms with Gasteiger partial charge >= 0.3 is 0 Å². The molecule has 0 aliphatic carbocycles. The molecule has 144 valence electrons. The van der Waals surface area contributed by atoms with Crippen LogP contribution in [0.4, 0.5) is 5.69 Å². The van der Waals surface area contributed by atoms with Crippen LogP contribution >= 0.6 is 11.6 Å². The van der Waals surface area contributed by atoms with Gasteiger partial charge in [-0.25, -0.2) is 8.42 Å². The van der Waals surface area contributed by atoms with Crippen LogP contribution in [0.2, 0.25) is 5.02 Å². The first kappa shape index (κ1) is 20.8. The van der Waals surface area contributed by atoms with Crippen LogP contribution in [-0.2, 0) is 14.6 Å². The van der Waals surface area contributed by atoms with Gasteiger partial charge in [-0.2, -0.15) is 0 Å². The number of methoxy groups -OCH3 is 1. The van der Waals surface area contributed by atoms with Crippen molar-refractivity contribution in [2.45, 2.75) is 11.8 Å². The van der Waals surface area contributed by atoms with Gasteiger partial charge in [0, 0.05) is 6.26 Å². The minimum atomic E-state index is -3.41. The molecule has 0 aliphatic rings. The zero-order valence-electron chi connectivity index (χ0n) is 15.2. The molecule has 1 N–H and O–H groups in total. The second-order valence-corrected chi connectivity index (χ2v) is 8.08. The lowest BCUT2D eigenvalue weighted by Gasteiger charge is -2.12. The number of sulfone groups is 1. The van der Waals surface area contributed by atoms with E-state index in [1.807, 2.05) is 25.1 Å². The van der Waals surface area contributed by atoms with Crippen molar-refractivity contribution in [1.82, 2.24) is 0 Å². The third kappa shape index (κ3) is 5.74. The van der Waals surface area contributed by atoms with Crippen LogP contribution in [0.5, 0.6) is 11.5 Å². The Balaban J connectivity index is 2.09. The molecule has 0 heterocycles. The zero-order chi connectivity index (χ0) is 20.0. The van der Waals surface area contributed by atoms with Gasteiger partial charge in [0.25, 0.3) is 5.91 Å². The minimum absolute atomic E-state index is 0.0596.